The van der Waals surface area contributed by atoms with Gasteiger partial charge in [0.15, 0.2) is 0 Å². The van der Waals surface area contributed by atoms with Gasteiger partial charge in [0.2, 0.25) is 5.82 Å². The maximum Gasteiger partial charge on any atom is 0.305 e. The molecule has 0 aliphatic carbocycles. The van der Waals surface area contributed by atoms with Crippen molar-refractivity contribution in [2.45, 2.75) is 6.42 Å². The number of rotatable bonds is 5. The minimum Gasteiger partial charge on any atom is -0.258 e. The molecule has 1 aromatic rings. The summed E-state index contributed by atoms with van der Waals surface area (Å²) in [5.41, 5.74) is 8.00. The van der Waals surface area contributed by atoms with Crippen LogP contribution in [0.3, 0.4) is 0 Å². The maximum absolute atomic E-state index is 13.0. The number of hydrogen-bond donors (Lipinski definition) is 0. The highest BCUT2D eigenvalue weighted by atomic mass is 19.1. The largest absolute Gasteiger partial charge is 0.305 e. The molecule has 7 heteroatoms. The van der Waals surface area contributed by atoms with Crippen LogP contribution in [-0.2, 0) is 0 Å². The van der Waals surface area contributed by atoms with E-state index >= 15 is 0 Å². The van der Waals surface area contributed by atoms with Crippen molar-refractivity contribution in [1.29, 1.82) is 0 Å². The molecule has 17 heavy (non-hydrogen) atoms. The molecule has 88 valence electrons. The van der Waals surface area contributed by atoms with Crippen LogP contribution in [0.5, 0.6) is 0 Å². The minimum atomic E-state index is -0.860. The molecule has 0 N–H and O–H groups in total. The third kappa shape index (κ3) is 3.92. The lowest BCUT2D eigenvalue weighted by Gasteiger charge is -1.96. The van der Waals surface area contributed by atoms with Gasteiger partial charge in [0, 0.05) is 17.5 Å². The highest BCUT2D eigenvalue weighted by molar-refractivity contribution is 5.53. The molecule has 0 heterocycles. The van der Waals surface area contributed by atoms with Crippen LogP contribution < -0.4 is 0 Å². The zero-order valence-electron chi connectivity index (χ0n) is 8.78. The average molecular weight is 236 g/mol. The average Bonchev–Trinajstić information content (AvgIpc) is 2.30. The van der Waals surface area contributed by atoms with Gasteiger partial charge in [0.25, 0.3) is 0 Å². The Morgan fingerprint density at radius 2 is 2.35 bits per heavy atom. The number of nitro benzene ring substituents is 1. The van der Waals surface area contributed by atoms with E-state index in [0.29, 0.717) is 18.5 Å². The fourth-order valence-electron chi connectivity index (χ4n) is 1.17. The van der Waals surface area contributed by atoms with E-state index in [4.69, 9.17) is 5.53 Å². The minimum absolute atomic E-state index is 0.316. The predicted octanol–water partition coefficient (Wildman–Crippen LogP) is 3.45. The van der Waals surface area contributed by atoms with E-state index in [0.717, 1.165) is 12.1 Å². The van der Waals surface area contributed by atoms with Gasteiger partial charge in [-0.05, 0) is 23.6 Å². The van der Waals surface area contributed by atoms with Crippen LogP contribution in [0.2, 0.25) is 0 Å². The van der Waals surface area contributed by atoms with Gasteiger partial charge in [-0.1, -0.05) is 23.3 Å². The van der Waals surface area contributed by atoms with Crippen LogP contribution >= 0.6 is 0 Å². The molecule has 0 aromatic heterocycles. The van der Waals surface area contributed by atoms with Crippen molar-refractivity contribution in [1.82, 2.24) is 0 Å². The standard InChI is InChI=1S/C10H9FN4O2/c11-9-5-4-8(7-10(9)15(16)17)3-1-2-6-13-14-12/h1,3-5,7H,2,6H2. The smallest absolute Gasteiger partial charge is 0.258 e. The highest BCUT2D eigenvalue weighted by Crippen LogP contribution is 2.19. The Balaban J connectivity index is 2.75. The number of benzene rings is 1. The number of azide groups is 1. The number of halogens is 1. The maximum atomic E-state index is 13.0. The molecule has 0 fully saturated rings. The van der Waals surface area contributed by atoms with Crippen LogP contribution in [-0.4, -0.2) is 11.5 Å². The monoisotopic (exact) mass is 236 g/mol. The van der Waals surface area contributed by atoms with Crippen molar-refractivity contribution in [2.24, 2.45) is 5.11 Å². The van der Waals surface area contributed by atoms with Crippen LogP contribution in [0.1, 0.15) is 12.0 Å². The van der Waals surface area contributed by atoms with Gasteiger partial charge in [-0.25, -0.2) is 0 Å². The third-order valence-electron chi connectivity index (χ3n) is 1.94. The molecule has 0 unspecified atom stereocenters. The lowest BCUT2D eigenvalue weighted by molar-refractivity contribution is -0.387. The first kappa shape index (κ1) is 12.7. The first-order chi connectivity index (χ1) is 8.15. The van der Waals surface area contributed by atoms with Crippen LogP contribution in [0.25, 0.3) is 16.5 Å². The van der Waals surface area contributed by atoms with E-state index in [9.17, 15) is 14.5 Å². The topological polar surface area (TPSA) is 91.9 Å². The number of nitro groups is 1. The molecule has 1 rings (SSSR count). The summed E-state index contributed by atoms with van der Waals surface area (Å²) >= 11 is 0. The van der Waals surface area contributed by atoms with Gasteiger partial charge >= 0.3 is 5.69 Å². The molecule has 0 saturated carbocycles. The van der Waals surface area contributed by atoms with E-state index in [1.807, 2.05) is 0 Å². The summed E-state index contributed by atoms with van der Waals surface area (Å²) in [5.74, 6) is -0.860. The normalized spacial score (nSPS) is 10.2. The Kier molecular flexibility index (Phi) is 4.65. The van der Waals surface area contributed by atoms with E-state index < -0.39 is 16.4 Å². The quantitative estimate of drug-likeness (QED) is 0.195. The molecular formula is C10H9FN4O2. The molecule has 0 spiro atoms. The Labute approximate surface area is 96.2 Å². The van der Waals surface area contributed by atoms with Crippen molar-refractivity contribution in [3.05, 3.63) is 56.2 Å². The van der Waals surface area contributed by atoms with Crippen molar-refractivity contribution < 1.29 is 9.31 Å². The SMILES string of the molecule is [N-]=[N+]=NCCC=Cc1ccc(F)c([N+](=O)[O-])c1. The van der Waals surface area contributed by atoms with Crippen LogP contribution in [0.15, 0.2) is 29.4 Å². The molecule has 0 aliphatic heterocycles. The molecule has 1 aromatic carbocycles. The summed E-state index contributed by atoms with van der Waals surface area (Å²) in [5, 5.41) is 13.8. The molecule has 0 bridgehead atoms. The van der Waals surface area contributed by atoms with Gasteiger partial charge in [-0.3, -0.25) is 10.1 Å². The zero-order valence-corrected chi connectivity index (χ0v) is 8.78. The van der Waals surface area contributed by atoms with E-state index in [-0.39, 0.29) is 0 Å². The van der Waals surface area contributed by atoms with Gasteiger partial charge in [0.1, 0.15) is 0 Å². The molecule has 0 amide bonds. The van der Waals surface area contributed by atoms with Gasteiger partial charge in [-0.15, -0.1) is 0 Å². The van der Waals surface area contributed by atoms with Gasteiger partial charge in [-0.2, -0.15) is 4.39 Å². The first-order valence-electron chi connectivity index (χ1n) is 4.76. The Morgan fingerprint density at radius 1 is 1.59 bits per heavy atom. The van der Waals surface area contributed by atoms with Crippen molar-refractivity contribution in [3.8, 4) is 0 Å². The van der Waals surface area contributed by atoms with E-state index in [1.165, 1.54) is 6.07 Å². The molecule has 0 saturated heterocycles. The molecule has 0 atom stereocenters. The third-order valence-corrected chi connectivity index (χ3v) is 1.94. The summed E-state index contributed by atoms with van der Waals surface area (Å²) < 4.78 is 13.0. The summed E-state index contributed by atoms with van der Waals surface area (Å²) in [6.45, 7) is 0.316. The van der Waals surface area contributed by atoms with Crippen molar-refractivity contribution in [2.75, 3.05) is 6.54 Å². The van der Waals surface area contributed by atoms with Crippen LogP contribution in [0, 0.1) is 15.9 Å². The first-order valence-corrected chi connectivity index (χ1v) is 4.76. The lowest BCUT2D eigenvalue weighted by Crippen LogP contribution is -1.92. The van der Waals surface area contributed by atoms with E-state index in [2.05, 4.69) is 10.0 Å². The Morgan fingerprint density at radius 3 is 3.00 bits per heavy atom. The van der Waals surface area contributed by atoms with E-state index in [1.54, 1.807) is 12.2 Å². The molecule has 0 aliphatic rings. The predicted molar refractivity (Wildman–Crippen MR) is 60.7 cm³/mol. The fourth-order valence-corrected chi connectivity index (χ4v) is 1.17. The summed E-state index contributed by atoms with van der Waals surface area (Å²) in [4.78, 5) is 12.3. The second-order valence-corrected chi connectivity index (χ2v) is 3.11. The summed E-state index contributed by atoms with van der Waals surface area (Å²) in [7, 11) is 0. The lowest BCUT2D eigenvalue weighted by atomic mass is 10.1. The number of hydrogen-bond acceptors (Lipinski definition) is 3. The van der Waals surface area contributed by atoms with Crippen molar-refractivity contribution in [3.63, 3.8) is 0 Å². The molecule has 0 radical (unpaired) electrons. The molecule has 6 nitrogen and oxygen atoms in total. The Bertz CT molecular complexity index is 495. The molecular weight excluding hydrogens is 227 g/mol. The fraction of sp³-hybridized carbons (Fsp3) is 0.200. The zero-order chi connectivity index (χ0) is 12.7. The second-order valence-electron chi connectivity index (χ2n) is 3.11. The highest BCUT2D eigenvalue weighted by Gasteiger charge is 2.12. The van der Waals surface area contributed by atoms with Crippen LogP contribution in [0.4, 0.5) is 10.1 Å². The second kappa shape index (κ2) is 6.24. The summed E-state index contributed by atoms with van der Waals surface area (Å²) in [6, 6.07) is 3.64. The summed E-state index contributed by atoms with van der Waals surface area (Å²) in [6.07, 6.45) is 3.83. The van der Waals surface area contributed by atoms with Gasteiger partial charge in [0.05, 0.1) is 4.92 Å². The Hall–Kier alpha value is -2.40. The van der Waals surface area contributed by atoms with Gasteiger partial charge < -0.3 is 0 Å². The number of nitrogens with zero attached hydrogens (tertiary/aromatic N) is 4. The van der Waals surface area contributed by atoms with Crippen molar-refractivity contribution >= 4 is 11.8 Å².